The van der Waals surface area contributed by atoms with Crippen molar-refractivity contribution < 1.29 is 0 Å². The normalized spacial score (nSPS) is 10.2. The number of hydrogen-bond acceptors (Lipinski definition) is 5. The van der Waals surface area contributed by atoms with Crippen LogP contribution in [0.1, 0.15) is 16.3 Å². The predicted molar refractivity (Wildman–Crippen MR) is 74.3 cm³/mol. The summed E-state index contributed by atoms with van der Waals surface area (Å²) in [6.45, 7) is 2.75. The van der Waals surface area contributed by atoms with Gasteiger partial charge in [-0.3, -0.25) is 4.98 Å². The van der Waals surface area contributed by atoms with Gasteiger partial charge in [-0.1, -0.05) is 12.2 Å². The van der Waals surface area contributed by atoms with Crippen LogP contribution in [0, 0.1) is 6.92 Å². The van der Waals surface area contributed by atoms with Crippen LogP contribution in [0.2, 0.25) is 0 Å². The maximum absolute atomic E-state index is 5.53. The van der Waals surface area contributed by atoms with Crippen molar-refractivity contribution in [2.75, 3.05) is 5.32 Å². The van der Waals surface area contributed by atoms with Crippen molar-refractivity contribution in [3.63, 3.8) is 0 Å². The quantitative estimate of drug-likeness (QED) is 0.828. The van der Waals surface area contributed by atoms with E-state index in [-0.39, 0.29) is 0 Å². The second kappa shape index (κ2) is 5.20. The highest BCUT2D eigenvalue weighted by Crippen LogP contribution is 2.15. The van der Waals surface area contributed by atoms with Gasteiger partial charge in [-0.2, -0.15) is 0 Å². The Hall–Kier alpha value is -1.53. The second-order valence-electron chi connectivity index (χ2n) is 3.51. The third-order valence-corrected chi connectivity index (χ3v) is 3.45. The number of rotatable bonds is 4. The lowest BCUT2D eigenvalue weighted by Crippen LogP contribution is -2.12. The van der Waals surface area contributed by atoms with Crippen LogP contribution < -0.4 is 11.1 Å². The van der Waals surface area contributed by atoms with E-state index in [0.29, 0.717) is 10.7 Å². The van der Waals surface area contributed by atoms with Crippen molar-refractivity contribution >= 4 is 34.2 Å². The molecule has 17 heavy (non-hydrogen) atoms. The third kappa shape index (κ3) is 2.98. The van der Waals surface area contributed by atoms with Crippen LogP contribution in [0.15, 0.2) is 23.8 Å². The Labute approximate surface area is 109 Å². The molecule has 0 bridgehead atoms. The van der Waals surface area contributed by atoms with Gasteiger partial charge in [0.1, 0.15) is 4.99 Å². The number of nitrogens with zero attached hydrogens (tertiary/aromatic N) is 2. The summed E-state index contributed by atoms with van der Waals surface area (Å²) in [5.41, 5.74) is 10.0. The molecule has 0 spiro atoms. The van der Waals surface area contributed by atoms with Crippen LogP contribution in [-0.4, -0.2) is 15.0 Å². The fourth-order valence-electron chi connectivity index (χ4n) is 1.35. The summed E-state index contributed by atoms with van der Waals surface area (Å²) < 4.78 is 0. The van der Waals surface area contributed by atoms with Gasteiger partial charge in [0.05, 0.1) is 23.4 Å². The summed E-state index contributed by atoms with van der Waals surface area (Å²) in [6, 6.07) is 3.73. The topological polar surface area (TPSA) is 63.8 Å². The number of anilines is 1. The van der Waals surface area contributed by atoms with Gasteiger partial charge in [0.25, 0.3) is 0 Å². The number of aromatic nitrogens is 2. The lowest BCUT2D eigenvalue weighted by atomic mass is 10.3. The first-order valence-electron chi connectivity index (χ1n) is 5.05. The molecule has 2 heterocycles. The monoisotopic (exact) mass is 264 g/mol. The summed E-state index contributed by atoms with van der Waals surface area (Å²) in [5.74, 6) is 0. The zero-order valence-electron chi connectivity index (χ0n) is 9.30. The first-order valence-corrected chi connectivity index (χ1v) is 6.34. The number of thiocarbonyl (C=S) groups is 1. The molecule has 0 saturated heterocycles. The van der Waals surface area contributed by atoms with E-state index in [0.717, 1.165) is 17.9 Å². The van der Waals surface area contributed by atoms with E-state index in [9.17, 15) is 0 Å². The molecule has 0 aliphatic rings. The first kappa shape index (κ1) is 11.9. The lowest BCUT2D eigenvalue weighted by Gasteiger charge is -2.06. The SMILES string of the molecule is Cc1ncsc1CNc1ccnc(C(N)=S)c1. The largest absolute Gasteiger partial charge is 0.388 e. The molecular weight excluding hydrogens is 252 g/mol. The summed E-state index contributed by atoms with van der Waals surface area (Å²) >= 11 is 6.53. The van der Waals surface area contributed by atoms with E-state index < -0.39 is 0 Å². The molecule has 2 rings (SSSR count). The molecule has 0 fully saturated rings. The van der Waals surface area contributed by atoms with Crippen molar-refractivity contribution in [2.24, 2.45) is 5.73 Å². The maximum Gasteiger partial charge on any atom is 0.122 e. The van der Waals surface area contributed by atoms with E-state index in [1.807, 2.05) is 24.6 Å². The van der Waals surface area contributed by atoms with E-state index in [4.69, 9.17) is 18.0 Å². The third-order valence-electron chi connectivity index (χ3n) is 2.31. The molecule has 3 N–H and O–H groups in total. The number of hydrogen-bond donors (Lipinski definition) is 2. The minimum Gasteiger partial charge on any atom is -0.388 e. The van der Waals surface area contributed by atoms with Crippen molar-refractivity contribution in [1.29, 1.82) is 0 Å². The summed E-state index contributed by atoms with van der Waals surface area (Å²) in [4.78, 5) is 9.81. The average molecular weight is 264 g/mol. The zero-order valence-corrected chi connectivity index (χ0v) is 10.9. The van der Waals surface area contributed by atoms with E-state index >= 15 is 0 Å². The molecule has 4 nitrogen and oxygen atoms in total. The Balaban J connectivity index is 2.07. The van der Waals surface area contributed by atoms with Gasteiger partial charge in [0.15, 0.2) is 0 Å². The minimum absolute atomic E-state index is 0.308. The van der Waals surface area contributed by atoms with Crippen LogP contribution in [0.25, 0.3) is 0 Å². The van der Waals surface area contributed by atoms with Crippen LogP contribution in [-0.2, 0) is 6.54 Å². The van der Waals surface area contributed by atoms with E-state index in [1.54, 1.807) is 17.5 Å². The minimum atomic E-state index is 0.308. The highest BCUT2D eigenvalue weighted by atomic mass is 32.1. The molecule has 0 unspecified atom stereocenters. The number of nitrogens with one attached hydrogen (secondary N) is 1. The second-order valence-corrected chi connectivity index (χ2v) is 4.89. The molecule has 2 aromatic rings. The van der Waals surface area contributed by atoms with Gasteiger partial charge in [0.2, 0.25) is 0 Å². The standard InChI is InChI=1S/C11H12N4S2/c1-7-10(17-6-15-7)5-14-8-2-3-13-9(4-8)11(12)16/h2-4,6H,5H2,1H3,(H2,12,16)(H,13,14). The van der Waals surface area contributed by atoms with Crippen molar-refractivity contribution in [3.05, 3.63) is 40.1 Å². The number of thiazole rings is 1. The van der Waals surface area contributed by atoms with Crippen LogP contribution in [0.4, 0.5) is 5.69 Å². The van der Waals surface area contributed by atoms with Crippen LogP contribution in [0.3, 0.4) is 0 Å². The molecule has 88 valence electrons. The molecule has 0 aromatic carbocycles. The zero-order chi connectivity index (χ0) is 12.3. The highest BCUT2D eigenvalue weighted by Gasteiger charge is 2.02. The van der Waals surface area contributed by atoms with Crippen molar-refractivity contribution in [3.8, 4) is 0 Å². The van der Waals surface area contributed by atoms with E-state index in [2.05, 4.69) is 15.3 Å². The van der Waals surface area contributed by atoms with Crippen LogP contribution >= 0.6 is 23.6 Å². The fourth-order valence-corrected chi connectivity index (χ4v) is 2.18. The molecule has 0 amide bonds. The summed E-state index contributed by atoms with van der Waals surface area (Å²) in [6.07, 6.45) is 1.69. The molecule has 0 atom stereocenters. The Morgan fingerprint density at radius 3 is 3.00 bits per heavy atom. The molecule has 0 saturated carbocycles. The number of pyridine rings is 1. The molecule has 0 aliphatic heterocycles. The van der Waals surface area contributed by atoms with Gasteiger partial charge < -0.3 is 11.1 Å². The Morgan fingerprint density at radius 1 is 1.53 bits per heavy atom. The van der Waals surface area contributed by atoms with Gasteiger partial charge in [-0.15, -0.1) is 11.3 Å². The molecule has 2 aromatic heterocycles. The van der Waals surface area contributed by atoms with Crippen molar-refractivity contribution in [1.82, 2.24) is 9.97 Å². The van der Waals surface area contributed by atoms with Crippen LogP contribution in [0.5, 0.6) is 0 Å². The first-order chi connectivity index (χ1) is 8.16. The van der Waals surface area contributed by atoms with Gasteiger partial charge in [0, 0.05) is 16.8 Å². The Bertz CT molecular complexity index is 536. The van der Waals surface area contributed by atoms with Crippen molar-refractivity contribution in [2.45, 2.75) is 13.5 Å². The highest BCUT2D eigenvalue weighted by molar-refractivity contribution is 7.80. The van der Waals surface area contributed by atoms with Gasteiger partial charge in [-0.25, -0.2) is 4.98 Å². The number of aryl methyl sites for hydroxylation is 1. The summed E-state index contributed by atoms with van der Waals surface area (Å²) in [5, 5.41) is 3.30. The van der Waals surface area contributed by atoms with Gasteiger partial charge in [-0.05, 0) is 19.1 Å². The van der Waals surface area contributed by atoms with Gasteiger partial charge >= 0.3 is 0 Å². The predicted octanol–water partition coefficient (Wildman–Crippen LogP) is 2.09. The average Bonchev–Trinajstić information content (AvgIpc) is 2.72. The maximum atomic E-state index is 5.53. The Kier molecular flexibility index (Phi) is 3.65. The summed E-state index contributed by atoms with van der Waals surface area (Å²) in [7, 11) is 0. The molecule has 0 aliphatic carbocycles. The number of nitrogens with two attached hydrogens (primary N) is 1. The molecule has 0 radical (unpaired) electrons. The Morgan fingerprint density at radius 2 is 2.35 bits per heavy atom. The smallest absolute Gasteiger partial charge is 0.122 e. The molecular formula is C11H12N4S2. The van der Waals surface area contributed by atoms with E-state index in [1.165, 1.54) is 4.88 Å². The lowest BCUT2D eigenvalue weighted by molar-refractivity contribution is 1.12. The molecule has 6 heteroatoms. The fraction of sp³-hybridized carbons (Fsp3) is 0.182.